The largest absolute Gasteiger partial charge is 0.494 e. The number of ether oxygens (including phenoxy) is 1. The zero-order valence-electron chi connectivity index (χ0n) is 14.2. The van der Waals surface area contributed by atoms with Crippen molar-refractivity contribution in [3.8, 4) is 11.4 Å². The summed E-state index contributed by atoms with van der Waals surface area (Å²) in [6.07, 6.45) is 0.626. The van der Waals surface area contributed by atoms with E-state index in [2.05, 4.69) is 20.8 Å². The predicted molar refractivity (Wildman–Crippen MR) is 93.8 cm³/mol. The molecule has 1 aromatic carbocycles. The summed E-state index contributed by atoms with van der Waals surface area (Å²) < 4.78 is 6.87. The van der Waals surface area contributed by atoms with Crippen molar-refractivity contribution in [3.05, 3.63) is 24.0 Å². The van der Waals surface area contributed by atoms with E-state index in [1.54, 1.807) is 36.9 Å². The number of aryl methyl sites for hydroxylation is 1. The predicted octanol–water partition coefficient (Wildman–Crippen LogP) is 1.71. The number of anilines is 1. The van der Waals surface area contributed by atoms with Crippen LogP contribution < -0.4 is 15.8 Å². The molecular formula is C15H23ClN6O2. The Kier molecular flexibility index (Phi) is 7.12. The Morgan fingerprint density at radius 1 is 1.42 bits per heavy atom. The number of amides is 1. The van der Waals surface area contributed by atoms with Gasteiger partial charge < -0.3 is 15.8 Å². The molecule has 0 aliphatic carbocycles. The fourth-order valence-electron chi connectivity index (χ4n) is 2.24. The van der Waals surface area contributed by atoms with E-state index < -0.39 is 6.04 Å². The highest BCUT2D eigenvalue weighted by Crippen LogP contribution is 2.26. The molecule has 24 heavy (non-hydrogen) atoms. The third-order valence-corrected chi connectivity index (χ3v) is 3.36. The van der Waals surface area contributed by atoms with Crippen LogP contribution in [0, 0.1) is 12.8 Å². The minimum atomic E-state index is -0.546. The first-order valence-corrected chi connectivity index (χ1v) is 7.42. The van der Waals surface area contributed by atoms with Crippen LogP contribution >= 0.6 is 12.4 Å². The zero-order chi connectivity index (χ0) is 17.0. The summed E-state index contributed by atoms with van der Waals surface area (Å²) in [5, 5.41) is 14.2. The van der Waals surface area contributed by atoms with Gasteiger partial charge in [0.2, 0.25) is 5.91 Å². The van der Waals surface area contributed by atoms with Crippen molar-refractivity contribution in [2.24, 2.45) is 11.7 Å². The Labute approximate surface area is 147 Å². The van der Waals surface area contributed by atoms with Gasteiger partial charge in [0.15, 0.2) is 5.82 Å². The highest BCUT2D eigenvalue weighted by atomic mass is 35.5. The van der Waals surface area contributed by atoms with E-state index >= 15 is 0 Å². The Morgan fingerprint density at radius 3 is 2.67 bits per heavy atom. The number of halogens is 1. The lowest BCUT2D eigenvalue weighted by molar-refractivity contribution is -0.117. The number of hydrogen-bond donors (Lipinski definition) is 2. The maximum absolute atomic E-state index is 12.2. The van der Waals surface area contributed by atoms with Crippen molar-refractivity contribution in [3.63, 3.8) is 0 Å². The number of benzene rings is 1. The second-order valence-electron chi connectivity index (χ2n) is 5.75. The standard InChI is InChI=1S/C15H22N6O2.ClH/c1-9(2)7-12(16)15(22)17-11-5-6-14(23-4)13(8-11)21-10(3)18-19-20-21;/h5-6,8-9,12H,7,16H2,1-4H3,(H,17,22);1H/t12-;/m0./s1. The van der Waals surface area contributed by atoms with Gasteiger partial charge in [0.25, 0.3) is 0 Å². The number of hydrogen-bond acceptors (Lipinski definition) is 6. The van der Waals surface area contributed by atoms with Crippen molar-refractivity contribution in [2.75, 3.05) is 12.4 Å². The second kappa shape index (κ2) is 8.60. The van der Waals surface area contributed by atoms with Crippen LogP contribution in [-0.4, -0.2) is 39.3 Å². The molecule has 3 N–H and O–H groups in total. The second-order valence-corrected chi connectivity index (χ2v) is 5.75. The number of methoxy groups -OCH3 is 1. The fourth-order valence-corrected chi connectivity index (χ4v) is 2.24. The molecule has 1 atom stereocenters. The van der Waals surface area contributed by atoms with Crippen LogP contribution in [0.15, 0.2) is 18.2 Å². The molecule has 1 amide bonds. The fraction of sp³-hybridized carbons (Fsp3) is 0.467. The van der Waals surface area contributed by atoms with E-state index in [1.807, 2.05) is 13.8 Å². The monoisotopic (exact) mass is 354 g/mol. The third kappa shape index (κ3) is 4.65. The maximum atomic E-state index is 12.2. The Bertz CT molecular complexity index is 688. The minimum absolute atomic E-state index is 0. The highest BCUT2D eigenvalue weighted by molar-refractivity contribution is 5.95. The first-order chi connectivity index (χ1) is 10.9. The smallest absolute Gasteiger partial charge is 0.241 e. The molecule has 0 saturated carbocycles. The molecule has 0 fully saturated rings. The van der Waals surface area contributed by atoms with E-state index in [-0.39, 0.29) is 18.3 Å². The number of carbonyl (C=O) groups is 1. The van der Waals surface area contributed by atoms with E-state index in [1.165, 1.54) is 0 Å². The molecule has 0 radical (unpaired) electrons. The van der Waals surface area contributed by atoms with Gasteiger partial charge in [-0.1, -0.05) is 13.8 Å². The summed E-state index contributed by atoms with van der Waals surface area (Å²) in [4.78, 5) is 12.2. The van der Waals surface area contributed by atoms with Crippen LogP contribution in [0.2, 0.25) is 0 Å². The molecule has 1 aromatic heterocycles. The molecule has 2 rings (SSSR count). The molecule has 132 valence electrons. The lowest BCUT2D eigenvalue weighted by Gasteiger charge is -2.15. The number of tetrazole rings is 1. The number of nitrogens with one attached hydrogen (secondary N) is 1. The average Bonchev–Trinajstić information content (AvgIpc) is 2.92. The number of nitrogens with two attached hydrogens (primary N) is 1. The summed E-state index contributed by atoms with van der Waals surface area (Å²) in [5.74, 6) is 1.35. The summed E-state index contributed by atoms with van der Waals surface area (Å²) in [5.41, 5.74) is 7.16. The van der Waals surface area contributed by atoms with Gasteiger partial charge >= 0.3 is 0 Å². The normalized spacial score (nSPS) is 11.8. The van der Waals surface area contributed by atoms with Crippen LogP contribution in [-0.2, 0) is 4.79 Å². The van der Waals surface area contributed by atoms with Crippen LogP contribution in [0.4, 0.5) is 5.69 Å². The van der Waals surface area contributed by atoms with Gasteiger partial charge in [-0.05, 0) is 47.9 Å². The Hall–Kier alpha value is -2.19. The first-order valence-electron chi connectivity index (χ1n) is 7.42. The van der Waals surface area contributed by atoms with Crippen molar-refractivity contribution >= 4 is 24.0 Å². The van der Waals surface area contributed by atoms with Gasteiger partial charge in [-0.25, -0.2) is 0 Å². The number of nitrogens with zero attached hydrogens (tertiary/aromatic N) is 4. The van der Waals surface area contributed by atoms with Crippen molar-refractivity contribution in [2.45, 2.75) is 33.2 Å². The van der Waals surface area contributed by atoms with E-state index in [0.29, 0.717) is 35.3 Å². The van der Waals surface area contributed by atoms with Gasteiger partial charge in [0.1, 0.15) is 11.4 Å². The van der Waals surface area contributed by atoms with Gasteiger partial charge in [0.05, 0.1) is 13.2 Å². The molecule has 0 bridgehead atoms. The maximum Gasteiger partial charge on any atom is 0.241 e. The van der Waals surface area contributed by atoms with Crippen LogP contribution in [0.5, 0.6) is 5.75 Å². The molecule has 0 saturated heterocycles. The summed E-state index contributed by atoms with van der Waals surface area (Å²) in [6.45, 7) is 5.83. The lowest BCUT2D eigenvalue weighted by Crippen LogP contribution is -2.36. The molecule has 9 heteroatoms. The highest BCUT2D eigenvalue weighted by Gasteiger charge is 2.17. The number of rotatable bonds is 6. The molecule has 0 aliphatic heterocycles. The quantitative estimate of drug-likeness (QED) is 0.817. The van der Waals surface area contributed by atoms with E-state index in [9.17, 15) is 4.79 Å². The summed E-state index contributed by atoms with van der Waals surface area (Å²) in [7, 11) is 1.56. The average molecular weight is 355 g/mol. The van der Waals surface area contributed by atoms with Crippen LogP contribution in [0.3, 0.4) is 0 Å². The molecule has 8 nitrogen and oxygen atoms in total. The summed E-state index contributed by atoms with van der Waals surface area (Å²) >= 11 is 0. The van der Waals surface area contributed by atoms with E-state index in [0.717, 1.165) is 0 Å². The SMILES string of the molecule is COc1ccc(NC(=O)[C@@H](N)CC(C)C)cc1-n1nnnc1C.Cl. The number of carbonyl (C=O) groups excluding carboxylic acids is 1. The van der Waals surface area contributed by atoms with Gasteiger partial charge in [-0.15, -0.1) is 17.5 Å². The van der Waals surface area contributed by atoms with Gasteiger partial charge in [-0.3, -0.25) is 4.79 Å². The zero-order valence-corrected chi connectivity index (χ0v) is 15.0. The first kappa shape index (κ1) is 19.9. The summed E-state index contributed by atoms with van der Waals surface area (Å²) in [6, 6.07) is 4.71. The van der Waals surface area contributed by atoms with Crippen LogP contribution in [0.25, 0.3) is 5.69 Å². The van der Waals surface area contributed by atoms with Crippen molar-refractivity contribution < 1.29 is 9.53 Å². The topological polar surface area (TPSA) is 108 Å². The lowest BCUT2D eigenvalue weighted by atomic mass is 10.0. The van der Waals surface area contributed by atoms with Crippen molar-refractivity contribution in [1.82, 2.24) is 20.2 Å². The molecule has 0 aliphatic rings. The van der Waals surface area contributed by atoms with E-state index in [4.69, 9.17) is 10.5 Å². The van der Waals surface area contributed by atoms with Crippen molar-refractivity contribution in [1.29, 1.82) is 0 Å². The molecule has 1 heterocycles. The molecule has 0 unspecified atom stereocenters. The molecule has 0 spiro atoms. The molecular weight excluding hydrogens is 332 g/mol. The third-order valence-electron chi connectivity index (χ3n) is 3.36. The Balaban J connectivity index is 0.00000288. The Morgan fingerprint density at radius 2 is 2.12 bits per heavy atom. The number of aromatic nitrogens is 4. The molecule has 2 aromatic rings. The van der Waals surface area contributed by atoms with Gasteiger partial charge in [0, 0.05) is 5.69 Å². The van der Waals surface area contributed by atoms with Gasteiger partial charge in [-0.2, -0.15) is 4.68 Å². The minimum Gasteiger partial charge on any atom is -0.494 e. The van der Waals surface area contributed by atoms with Crippen LogP contribution in [0.1, 0.15) is 26.1 Å².